The van der Waals surface area contributed by atoms with Crippen LogP contribution in [0.5, 0.6) is 0 Å². The summed E-state index contributed by atoms with van der Waals surface area (Å²) >= 11 is 0. The molecule has 0 radical (unpaired) electrons. The number of hydrogen-bond acceptors (Lipinski definition) is 3. The molecule has 0 N–H and O–H groups in total. The van der Waals surface area contributed by atoms with Gasteiger partial charge in [0.15, 0.2) is 0 Å². The molecule has 1 rings (SSSR count). The summed E-state index contributed by atoms with van der Waals surface area (Å²) in [6.07, 6.45) is 15.8. The van der Waals surface area contributed by atoms with E-state index in [-0.39, 0.29) is 0 Å². The second-order valence-electron chi connectivity index (χ2n) is 5.58. The molecule has 0 bridgehead atoms. The van der Waals surface area contributed by atoms with E-state index in [1.807, 2.05) is 0 Å². The minimum Gasteiger partial charge on any atom is -0.331 e. The van der Waals surface area contributed by atoms with Gasteiger partial charge in [-0.1, -0.05) is 71.1 Å². The van der Waals surface area contributed by atoms with Crippen LogP contribution in [-0.4, -0.2) is 27.3 Å². The van der Waals surface area contributed by atoms with E-state index in [0.717, 1.165) is 12.8 Å². The molecule has 1 fully saturated rings. The molecule has 20 heavy (non-hydrogen) atoms. The molecule has 0 heterocycles. The highest BCUT2D eigenvalue weighted by molar-refractivity contribution is 4.56. The van der Waals surface area contributed by atoms with E-state index in [4.69, 9.17) is 14.2 Å². The lowest BCUT2D eigenvalue weighted by Crippen LogP contribution is -2.35. The Hall–Kier alpha value is -0.120. The van der Waals surface area contributed by atoms with E-state index < -0.39 is 5.97 Å². The Morgan fingerprint density at radius 1 is 0.650 bits per heavy atom. The summed E-state index contributed by atoms with van der Waals surface area (Å²) in [5, 5.41) is 0. The number of methoxy groups -OCH3 is 3. The Balaban J connectivity index is 0.000000760. The molecular weight excluding hydrogens is 252 g/mol. The molecule has 1 saturated carbocycles. The molecule has 0 atom stereocenters. The van der Waals surface area contributed by atoms with E-state index in [1.54, 1.807) is 21.3 Å². The van der Waals surface area contributed by atoms with Crippen molar-refractivity contribution in [3.05, 3.63) is 0 Å². The van der Waals surface area contributed by atoms with Gasteiger partial charge in [0.05, 0.1) is 0 Å². The maximum absolute atomic E-state index is 5.24. The Morgan fingerprint density at radius 2 is 1.05 bits per heavy atom. The third kappa shape index (κ3) is 9.73. The Kier molecular flexibility index (Phi) is 13.8. The molecule has 0 saturated heterocycles. The number of unbranched alkanes of at least 4 members (excludes halogenated alkanes) is 6. The van der Waals surface area contributed by atoms with Crippen LogP contribution in [0.15, 0.2) is 0 Å². The molecule has 0 aliphatic heterocycles. The largest absolute Gasteiger partial charge is 0.331 e. The van der Waals surface area contributed by atoms with Gasteiger partial charge < -0.3 is 14.2 Å². The first kappa shape index (κ1) is 19.9. The van der Waals surface area contributed by atoms with Gasteiger partial charge in [0.25, 0.3) is 5.97 Å². The van der Waals surface area contributed by atoms with Crippen LogP contribution in [0.1, 0.15) is 84.0 Å². The van der Waals surface area contributed by atoms with Crippen molar-refractivity contribution in [2.75, 3.05) is 21.3 Å². The van der Waals surface area contributed by atoms with Crippen LogP contribution in [0.3, 0.4) is 0 Å². The second-order valence-corrected chi connectivity index (χ2v) is 5.58. The van der Waals surface area contributed by atoms with Crippen LogP contribution in [0.4, 0.5) is 0 Å². The summed E-state index contributed by atoms with van der Waals surface area (Å²) in [5.74, 6) is -0.830. The van der Waals surface area contributed by atoms with Crippen molar-refractivity contribution in [3.63, 3.8) is 0 Å². The van der Waals surface area contributed by atoms with Gasteiger partial charge in [0, 0.05) is 27.8 Å². The second kappa shape index (κ2) is 13.8. The lowest BCUT2D eigenvalue weighted by Gasteiger charge is -2.28. The summed E-state index contributed by atoms with van der Waals surface area (Å²) in [5.41, 5.74) is 0. The van der Waals surface area contributed by atoms with E-state index in [0.29, 0.717) is 0 Å². The molecule has 0 aromatic heterocycles. The predicted molar refractivity (Wildman–Crippen MR) is 84.8 cm³/mol. The molecule has 0 aromatic carbocycles. The van der Waals surface area contributed by atoms with E-state index in [9.17, 15) is 0 Å². The van der Waals surface area contributed by atoms with Crippen molar-refractivity contribution >= 4 is 0 Å². The summed E-state index contributed by atoms with van der Waals surface area (Å²) in [6.45, 7) is 2.24. The first-order valence-corrected chi connectivity index (χ1v) is 8.40. The molecule has 122 valence electrons. The molecule has 0 unspecified atom stereocenters. The third-order valence-corrected chi connectivity index (χ3v) is 4.02. The molecule has 3 heteroatoms. The zero-order valence-corrected chi connectivity index (χ0v) is 14.2. The van der Waals surface area contributed by atoms with Crippen LogP contribution in [0.2, 0.25) is 0 Å². The third-order valence-electron chi connectivity index (χ3n) is 4.02. The SMILES string of the molecule is C1CCC1.CCCCCCCCCC(OC)(OC)OC. The quantitative estimate of drug-likeness (QED) is 0.382. The van der Waals surface area contributed by atoms with Gasteiger partial charge in [-0.2, -0.15) is 0 Å². The maximum atomic E-state index is 5.24. The van der Waals surface area contributed by atoms with Crippen LogP contribution in [0.25, 0.3) is 0 Å². The average molecular weight is 288 g/mol. The zero-order chi connectivity index (χ0) is 15.1. The summed E-state index contributed by atoms with van der Waals surface area (Å²) in [7, 11) is 4.86. The van der Waals surface area contributed by atoms with Gasteiger partial charge >= 0.3 is 0 Å². The number of rotatable bonds is 11. The first-order chi connectivity index (χ1) is 9.74. The zero-order valence-electron chi connectivity index (χ0n) is 14.2. The summed E-state index contributed by atoms with van der Waals surface area (Å²) < 4.78 is 15.7. The van der Waals surface area contributed by atoms with Crippen molar-refractivity contribution in [1.29, 1.82) is 0 Å². The van der Waals surface area contributed by atoms with Gasteiger partial charge in [-0.05, 0) is 6.42 Å². The minimum atomic E-state index is -0.830. The van der Waals surface area contributed by atoms with Crippen LogP contribution in [-0.2, 0) is 14.2 Å². The van der Waals surface area contributed by atoms with E-state index >= 15 is 0 Å². The summed E-state index contributed by atoms with van der Waals surface area (Å²) in [4.78, 5) is 0. The highest BCUT2D eigenvalue weighted by Gasteiger charge is 2.28. The van der Waals surface area contributed by atoms with Gasteiger partial charge in [-0.15, -0.1) is 0 Å². The van der Waals surface area contributed by atoms with Gasteiger partial charge in [0.1, 0.15) is 0 Å². The average Bonchev–Trinajstić information content (AvgIpc) is 2.41. The van der Waals surface area contributed by atoms with Crippen molar-refractivity contribution in [2.24, 2.45) is 0 Å². The van der Waals surface area contributed by atoms with Crippen LogP contribution < -0.4 is 0 Å². The van der Waals surface area contributed by atoms with Crippen molar-refractivity contribution in [3.8, 4) is 0 Å². The normalized spacial score (nSPS) is 14.4. The highest BCUT2D eigenvalue weighted by Crippen LogP contribution is 2.21. The predicted octanol–water partition coefficient (Wildman–Crippen LogP) is 5.28. The lowest BCUT2D eigenvalue weighted by atomic mass is 10.0. The monoisotopic (exact) mass is 288 g/mol. The minimum absolute atomic E-state index is 0.796. The molecule has 0 aromatic rings. The molecule has 0 amide bonds. The Labute approximate surface area is 126 Å². The first-order valence-electron chi connectivity index (χ1n) is 8.40. The molecule has 1 aliphatic carbocycles. The van der Waals surface area contributed by atoms with E-state index in [2.05, 4.69) is 6.92 Å². The van der Waals surface area contributed by atoms with Crippen molar-refractivity contribution in [1.82, 2.24) is 0 Å². The fourth-order valence-electron chi connectivity index (χ4n) is 2.10. The van der Waals surface area contributed by atoms with Gasteiger partial charge in [-0.3, -0.25) is 0 Å². The van der Waals surface area contributed by atoms with Crippen LogP contribution >= 0.6 is 0 Å². The van der Waals surface area contributed by atoms with Crippen molar-refractivity contribution in [2.45, 2.75) is 89.9 Å². The molecule has 1 aliphatic rings. The fraction of sp³-hybridized carbons (Fsp3) is 1.00. The molecule has 3 nitrogen and oxygen atoms in total. The fourth-order valence-corrected chi connectivity index (χ4v) is 2.10. The van der Waals surface area contributed by atoms with Gasteiger partial charge in [0.2, 0.25) is 0 Å². The van der Waals surface area contributed by atoms with Crippen molar-refractivity contribution < 1.29 is 14.2 Å². The topological polar surface area (TPSA) is 27.7 Å². The summed E-state index contributed by atoms with van der Waals surface area (Å²) in [6, 6.07) is 0. The van der Waals surface area contributed by atoms with Gasteiger partial charge in [-0.25, -0.2) is 0 Å². The Bertz CT molecular complexity index is 174. The standard InChI is InChI=1S/C13H28O3.C4H8/c1-5-6-7-8-9-10-11-12-13(14-2,15-3)16-4;1-2-4-3-1/h5-12H2,1-4H3;1-4H2. The molecular formula is C17H36O3. The smallest absolute Gasteiger partial charge is 0.282 e. The highest BCUT2D eigenvalue weighted by atomic mass is 16.9. The Morgan fingerprint density at radius 3 is 1.40 bits per heavy atom. The number of ether oxygens (including phenoxy) is 3. The van der Waals surface area contributed by atoms with Crippen LogP contribution in [0, 0.1) is 0 Å². The number of hydrogen-bond donors (Lipinski definition) is 0. The van der Waals surface area contributed by atoms with E-state index in [1.165, 1.54) is 64.2 Å². The maximum Gasteiger partial charge on any atom is 0.282 e. The molecule has 0 spiro atoms. The lowest BCUT2D eigenvalue weighted by molar-refractivity contribution is -0.355.